The summed E-state index contributed by atoms with van der Waals surface area (Å²) in [5.74, 6) is 0.475. The summed E-state index contributed by atoms with van der Waals surface area (Å²) in [7, 11) is 0. The molecule has 4 rings (SSSR count). The van der Waals surface area contributed by atoms with E-state index in [2.05, 4.69) is 75.5 Å². The molecule has 0 amide bonds. The molecule has 2 nitrogen and oxygen atoms in total. The third-order valence-electron chi connectivity index (χ3n) is 4.74. The minimum atomic E-state index is 0.475. The summed E-state index contributed by atoms with van der Waals surface area (Å²) in [6.07, 6.45) is 2.16. The van der Waals surface area contributed by atoms with Gasteiger partial charge >= 0.3 is 0 Å². The van der Waals surface area contributed by atoms with Gasteiger partial charge in [0.1, 0.15) is 5.65 Å². The molecule has 0 N–H and O–H groups in total. The van der Waals surface area contributed by atoms with Crippen LogP contribution < -0.4 is 0 Å². The smallest absolute Gasteiger partial charge is 0.145 e. The van der Waals surface area contributed by atoms with Crippen LogP contribution in [0.5, 0.6) is 0 Å². The normalized spacial score (nSPS) is 12.1. The predicted molar refractivity (Wildman–Crippen MR) is 98.5 cm³/mol. The van der Waals surface area contributed by atoms with Crippen LogP contribution in [-0.4, -0.2) is 9.38 Å². The first-order valence-corrected chi connectivity index (χ1v) is 8.28. The van der Waals surface area contributed by atoms with Gasteiger partial charge in [-0.2, -0.15) is 0 Å². The van der Waals surface area contributed by atoms with Gasteiger partial charge in [0.2, 0.25) is 0 Å². The molecule has 0 saturated carbocycles. The van der Waals surface area contributed by atoms with Gasteiger partial charge in [-0.1, -0.05) is 43.7 Å². The van der Waals surface area contributed by atoms with Crippen molar-refractivity contribution >= 4 is 27.3 Å². The Morgan fingerprint density at radius 2 is 1.78 bits per heavy atom. The second-order valence-corrected chi connectivity index (χ2v) is 6.98. The number of imidazole rings is 1. The monoisotopic (exact) mass is 302 g/mol. The summed E-state index contributed by atoms with van der Waals surface area (Å²) in [6.45, 7) is 11.0. The molecule has 4 aromatic rings. The van der Waals surface area contributed by atoms with E-state index in [-0.39, 0.29) is 0 Å². The maximum atomic E-state index is 4.86. The van der Waals surface area contributed by atoms with Crippen molar-refractivity contribution in [1.82, 2.24) is 9.38 Å². The summed E-state index contributed by atoms with van der Waals surface area (Å²) in [5, 5.41) is 3.94. The highest BCUT2D eigenvalue weighted by atomic mass is 15.0. The van der Waals surface area contributed by atoms with Gasteiger partial charge in [-0.25, -0.2) is 4.98 Å². The Bertz CT molecular complexity index is 1070. The van der Waals surface area contributed by atoms with Gasteiger partial charge in [0.15, 0.2) is 0 Å². The van der Waals surface area contributed by atoms with Gasteiger partial charge < -0.3 is 0 Å². The van der Waals surface area contributed by atoms with Crippen molar-refractivity contribution in [1.29, 1.82) is 0 Å². The first-order chi connectivity index (χ1) is 11.0. The van der Waals surface area contributed by atoms with Crippen LogP contribution in [0, 0.1) is 20.8 Å². The van der Waals surface area contributed by atoms with Crippen LogP contribution in [0.3, 0.4) is 0 Å². The molecule has 2 aromatic carbocycles. The molecule has 2 aromatic heterocycles. The maximum absolute atomic E-state index is 4.86. The molecule has 0 atom stereocenters. The molecule has 0 aliphatic carbocycles. The molecule has 0 radical (unpaired) electrons. The summed E-state index contributed by atoms with van der Waals surface area (Å²) in [6, 6.07) is 11.2. The number of pyridine rings is 1. The van der Waals surface area contributed by atoms with Crippen molar-refractivity contribution in [3.8, 4) is 0 Å². The molecule has 0 bridgehead atoms. The predicted octanol–water partition coefficient (Wildman–Crippen LogP) is 5.69. The van der Waals surface area contributed by atoms with E-state index < -0.39 is 0 Å². The number of aryl methyl sites for hydroxylation is 3. The van der Waals surface area contributed by atoms with Crippen molar-refractivity contribution in [3.63, 3.8) is 0 Å². The minimum absolute atomic E-state index is 0.475. The number of hydrogen-bond acceptors (Lipinski definition) is 1. The number of rotatable bonds is 1. The summed E-state index contributed by atoms with van der Waals surface area (Å²) < 4.78 is 2.29. The lowest BCUT2D eigenvalue weighted by Gasteiger charge is -2.16. The SMILES string of the molecule is Cc1cc(C)c2c(c1)c1cccc(C(C)C)c1c1nc(C)cn12. The van der Waals surface area contributed by atoms with Crippen molar-refractivity contribution < 1.29 is 0 Å². The lowest BCUT2D eigenvalue weighted by atomic mass is 9.93. The van der Waals surface area contributed by atoms with Gasteiger partial charge in [0, 0.05) is 17.0 Å². The van der Waals surface area contributed by atoms with Crippen LogP contribution >= 0.6 is 0 Å². The number of fused-ring (bicyclic) bond motifs is 6. The fourth-order valence-corrected chi connectivity index (χ4v) is 3.85. The van der Waals surface area contributed by atoms with Crippen LogP contribution in [0.1, 0.15) is 42.1 Å². The Labute approximate surface area is 136 Å². The van der Waals surface area contributed by atoms with Crippen molar-refractivity contribution in [2.24, 2.45) is 0 Å². The average molecular weight is 302 g/mol. The highest BCUT2D eigenvalue weighted by Crippen LogP contribution is 2.36. The van der Waals surface area contributed by atoms with Gasteiger partial charge in [0.05, 0.1) is 11.2 Å². The zero-order chi connectivity index (χ0) is 16.3. The zero-order valence-corrected chi connectivity index (χ0v) is 14.4. The Balaban J connectivity index is 2.41. The van der Waals surface area contributed by atoms with Crippen LogP contribution in [0.2, 0.25) is 0 Å². The number of hydrogen-bond donors (Lipinski definition) is 0. The van der Waals surface area contributed by atoms with E-state index in [1.165, 1.54) is 38.4 Å². The highest BCUT2D eigenvalue weighted by molar-refractivity contribution is 6.13. The van der Waals surface area contributed by atoms with Crippen LogP contribution in [0.25, 0.3) is 27.3 Å². The van der Waals surface area contributed by atoms with Gasteiger partial charge in [-0.15, -0.1) is 0 Å². The Morgan fingerprint density at radius 1 is 1.00 bits per heavy atom. The average Bonchev–Trinajstić information content (AvgIpc) is 2.87. The van der Waals surface area contributed by atoms with Crippen LogP contribution in [0.4, 0.5) is 0 Å². The molecule has 0 saturated heterocycles. The largest absolute Gasteiger partial charge is 0.299 e. The number of aromatic nitrogens is 2. The first-order valence-electron chi connectivity index (χ1n) is 8.28. The Kier molecular flexibility index (Phi) is 2.99. The number of nitrogens with zero attached hydrogens (tertiary/aromatic N) is 2. The molecule has 0 spiro atoms. The third-order valence-corrected chi connectivity index (χ3v) is 4.74. The summed E-state index contributed by atoms with van der Waals surface area (Å²) >= 11 is 0. The van der Waals surface area contributed by atoms with Crippen LogP contribution in [0.15, 0.2) is 36.5 Å². The molecule has 0 unspecified atom stereocenters. The van der Waals surface area contributed by atoms with Crippen molar-refractivity contribution in [3.05, 3.63) is 58.9 Å². The molecule has 0 fully saturated rings. The van der Waals surface area contributed by atoms with Gasteiger partial charge in [-0.05, 0) is 49.3 Å². The van der Waals surface area contributed by atoms with E-state index in [0.29, 0.717) is 5.92 Å². The van der Waals surface area contributed by atoms with Crippen molar-refractivity contribution in [2.45, 2.75) is 40.5 Å². The van der Waals surface area contributed by atoms with E-state index >= 15 is 0 Å². The van der Waals surface area contributed by atoms with E-state index in [0.717, 1.165) is 11.3 Å². The standard InChI is InChI=1S/C21H22N2/c1-12(2)16-7-6-8-17-18-10-13(3)9-14(4)20(18)23-11-15(5)22-21(23)19(16)17/h6-12H,1-5H3. The van der Waals surface area contributed by atoms with Gasteiger partial charge in [0.25, 0.3) is 0 Å². The molecular weight excluding hydrogens is 280 g/mol. The minimum Gasteiger partial charge on any atom is -0.299 e. The topological polar surface area (TPSA) is 17.3 Å². The van der Waals surface area contributed by atoms with E-state index in [1.807, 2.05) is 0 Å². The van der Waals surface area contributed by atoms with E-state index in [9.17, 15) is 0 Å². The quantitative estimate of drug-likeness (QED) is 0.413. The Morgan fingerprint density at radius 3 is 2.52 bits per heavy atom. The molecule has 23 heavy (non-hydrogen) atoms. The lowest BCUT2D eigenvalue weighted by Crippen LogP contribution is -1.97. The third kappa shape index (κ3) is 1.98. The lowest BCUT2D eigenvalue weighted by molar-refractivity contribution is 0.876. The second kappa shape index (κ2) is 4.82. The zero-order valence-electron chi connectivity index (χ0n) is 14.4. The van der Waals surface area contributed by atoms with Crippen molar-refractivity contribution in [2.75, 3.05) is 0 Å². The van der Waals surface area contributed by atoms with Crippen LogP contribution in [-0.2, 0) is 0 Å². The summed E-state index contributed by atoms with van der Waals surface area (Å²) in [4.78, 5) is 4.86. The molecule has 116 valence electrons. The molecule has 2 heterocycles. The molecular formula is C21H22N2. The highest BCUT2D eigenvalue weighted by Gasteiger charge is 2.16. The second-order valence-electron chi connectivity index (χ2n) is 6.98. The first kappa shape index (κ1) is 14.3. The molecule has 0 aliphatic rings. The van der Waals surface area contributed by atoms with Gasteiger partial charge in [-0.3, -0.25) is 4.40 Å². The summed E-state index contributed by atoms with van der Waals surface area (Å²) in [5.41, 5.74) is 7.42. The molecule has 0 aliphatic heterocycles. The fraction of sp³-hybridized carbons (Fsp3) is 0.286. The fourth-order valence-electron chi connectivity index (χ4n) is 3.85. The van der Waals surface area contributed by atoms with E-state index in [1.54, 1.807) is 0 Å². The Hall–Kier alpha value is -2.35. The number of benzene rings is 2. The van der Waals surface area contributed by atoms with E-state index in [4.69, 9.17) is 4.98 Å². The maximum Gasteiger partial charge on any atom is 0.145 e. The molecule has 2 heteroatoms.